The summed E-state index contributed by atoms with van der Waals surface area (Å²) in [5.74, 6) is 2.20. The Kier molecular flexibility index (Phi) is 5.32. The van der Waals surface area contributed by atoms with Crippen LogP contribution < -0.4 is 5.32 Å². The largest absolute Gasteiger partial charge is 0.356 e. The molecule has 0 bridgehead atoms. The van der Waals surface area contributed by atoms with E-state index in [1.807, 2.05) is 6.20 Å². The summed E-state index contributed by atoms with van der Waals surface area (Å²) in [6, 6.07) is 0. The average Bonchev–Trinajstić information content (AvgIpc) is 3.25. The summed E-state index contributed by atoms with van der Waals surface area (Å²) >= 11 is 0. The highest BCUT2D eigenvalue weighted by molar-refractivity contribution is 5.76. The molecule has 1 aliphatic carbocycles. The molecule has 4 rings (SSSR count). The molecule has 6 nitrogen and oxygen atoms in total. The summed E-state index contributed by atoms with van der Waals surface area (Å²) in [6.45, 7) is 4.92. The lowest BCUT2D eigenvalue weighted by Gasteiger charge is -2.49. The monoisotopic (exact) mass is 359 g/mol. The Morgan fingerprint density at radius 1 is 1.27 bits per heavy atom. The summed E-state index contributed by atoms with van der Waals surface area (Å²) in [7, 11) is 2.23. The molecule has 3 fully saturated rings. The average molecular weight is 360 g/mol. The number of nitrogens with zero attached hydrogens (tertiary/aromatic N) is 3. The van der Waals surface area contributed by atoms with Crippen molar-refractivity contribution < 1.29 is 4.79 Å². The minimum Gasteiger partial charge on any atom is -0.356 e. The van der Waals surface area contributed by atoms with Crippen LogP contribution >= 0.6 is 0 Å². The molecule has 26 heavy (non-hydrogen) atoms. The summed E-state index contributed by atoms with van der Waals surface area (Å²) in [6.07, 6.45) is 11.3. The van der Waals surface area contributed by atoms with Gasteiger partial charge in [0.15, 0.2) is 0 Å². The predicted molar refractivity (Wildman–Crippen MR) is 102 cm³/mol. The zero-order valence-corrected chi connectivity index (χ0v) is 16.1. The standard InChI is InChI=1S/C20H33N5O/c1-24-10-11-25(15-20(24)7-6-19(26)21-9-8-20)14-17-13-22-18(23-17)12-16-4-2-3-5-16/h13,16H,2-12,14-15H2,1H3,(H,21,26)(H,22,23)/t20-/m0/s1. The number of carbonyl (C=O) groups excluding carboxylic acids is 1. The van der Waals surface area contributed by atoms with Crippen molar-refractivity contribution in [2.45, 2.75) is 63.5 Å². The lowest BCUT2D eigenvalue weighted by Crippen LogP contribution is -2.60. The van der Waals surface area contributed by atoms with Gasteiger partial charge in [-0.25, -0.2) is 4.98 Å². The van der Waals surface area contributed by atoms with E-state index in [2.05, 4.69) is 32.1 Å². The fourth-order valence-electron chi connectivity index (χ4n) is 5.13. The molecule has 144 valence electrons. The van der Waals surface area contributed by atoms with E-state index in [0.717, 1.165) is 57.9 Å². The maximum atomic E-state index is 11.8. The van der Waals surface area contributed by atoms with Crippen LogP contribution in [0, 0.1) is 5.92 Å². The molecule has 0 unspecified atom stereocenters. The molecule has 2 aliphatic heterocycles. The maximum Gasteiger partial charge on any atom is 0.220 e. The number of aromatic amines is 1. The number of hydrogen-bond donors (Lipinski definition) is 2. The second-order valence-corrected chi connectivity index (χ2v) is 8.67. The van der Waals surface area contributed by atoms with Crippen LogP contribution in [0.25, 0.3) is 0 Å². The van der Waals surface area contributed by atoms with Gasteiger partial charge in [0.2, 0.25) is 5.91 Å². The van der Waals surface area contributed by atoms with Crippen molar-refractivity contribution in [3.63, 3.8) is 0 Å². The third-order valence-corrected chi connectivity index (χ3v) is 6.84. The number of H-pyrrole nitrogens is 1. The van der Waals surface area contributed by atoms with E-state index in [1.165, 1.54) is 37.2 Å². The topological polar surface area (TPSA) is 64.3 Å². The number of likely N-dealkylation sites (N-methyl/N-ethyl adjacent to an activating group) is 1. The van der Waals surface area contributed by atoms with Gasteiger partial charge in [0.05, 0.1) is 0 Å². The molecule has 3 heterocycles. The normalized spacial score (nSPS) is 29.2. The molecular weight excluding hydrogens is 326 g/mol. The smallest absolute Gasteiger partial charge is 0.220 e. The number of aromatic nitrogens is 2. The van der Waals surface area contributed by atoms with Gasteiger partial charge in [-0.3, -0.25) is 14.6 Å². The summed E-state index contributed by atoms with van der Waals surface area (Å²) < 4.78 is 0. The zero-order valence-electron chi connectivity index (χ0n) is 16.1. The first-order valence-corrected chi connectivity index (χ1v) is 10.4. The Labute approximate surface area is 156 Å². The fraction of sp³-hybridized carbons (Fsp3) is 0.800. The van der Waals surface area contributed by atoms with E-state index < -0.39 is 0 Å². The third kappa shape index (κ3) is 3.96. The first-order chi connectivity index (χ1) is 12.6. The fourth-order valence-corrected chi connectivity index (χ4v) is 5.13. The van der Waals surface area contributed by atoms with E-state index in [1.54, 1.807) is 0 Å². The van der Waals surface area contributed by atoms with Crippen molar-refractivity contribution in [1.82, 2.24) is 25.1 Å². The van der Waals surface area contributed by atoms with Gasteiger partial charge in [-0.15, -0.1) is 0 Å². The second kappa shape index (κ2) is 7.69. The van der Waals surface area contributed by atoms with E-state index >= 15 is 0 Å². The Balaban J connectivity index is 1.37. The van der Waals surface area contributed by atoms with Gasteiger partial charge < -0.3 is 10.3 Å². The van der Waals surface area contributed by atoms with Crippen LogP contribution in [0.15, 0.2) is 6.20 Å². The second-order valence-electron chi connectivity index (χ2n) is 8.67. The SMILES string of the molecule is CN1CCN(Cc2cnc(CC3CCCC3)[nH]2)C[C@]12CCNC(=O)CC2. The molecule has 0 radical (unpaired) electrons. The van der Waals surface area contributed by atoms with Gasteiger partial charge in [0.25, 0.3) is 0 Å². The summed E-state index contributed by atoms with van der Waals surface area (Å²) in [5, 5.41) is 3.04. The van der Waals surface area contributed by atoms with Crippen molar-refractivity contribution >= 4 is 5.91 Å². The number of carbonyl (C=O) groups is 1. The number of rotatable bonds is 4. The highest BCUT2D eigenvalue weighted by Crippen LogP contribution is 2.31. The molecule has 6 heteroatoms. The number of nitrogens with one attached hydrogen (secondary N) is 2. The molecule has 2 saturated heterocycles. The molecule has 1 atom stereocenters. The van der Waals surface area contributed by atoms with E-state index in [4.69, 9.17) is 0 Å². The molecule has 0 aromatic carbocycles. The lowest BCUT2D eigenvalue weighted by molar-refractivity contribution is -0.121. The van der Waals surface area contributed by atoms with Crippen LogP contribution in [-0.2, 0) is 17.8 Å². The minimum atomic E-state index is 0.129. The van der Waals surface area contributed by atoms with E-state index in [-0.39, 0.29) is 11.4 Å². The van der Waals surface area contributed by atoms with Gasteiger partial charge in [0, 0.05) is 63.0 Å². The first kappa shape index (κ1) is 18.0. The maximum absolute atomic E-state index is 11.8. The van der Waals surface area contributed by atoms with Crippen LogP contribution in [0.3, 0.4) is 0 Å². The Bertz CT molecular complexity index is 623. The number of piperazine rings is 1. The zero-order chi connectivity index (χ0) is 18.0. The Morgan fingerprint density at radius 3 is 2.96 bits per heavy atom. The van der Waals surface area contributed by atoms with E-state index in [9.17, 15) is 4.79 Å². The van der Waals surface area contributed by atoms with Crippen LogP contribution in [0.2, 0.25) is 0 Å². The molecule has 1 aromatic heterocycles. The highest BCUT2D eigenvalue weighted by Gasteiger charge is 2.40. The number of amides is 1. The van der Waals surface area contributed by atoms with Gasteiger partial charge in [-0.2, -0.15) is 0 Å². The quantitative estimate of drug-likeness (QED) is 0.862. The molecule has 1 spiro atoms. The molecule has 1 aromatic rings. The summed E-state index contributed by atoms with van der Waals surface area (Å²) in [5.41, 5.74) is 1.37. The van der Waals surface area contributed by atoms with Crippen LogP contribution in [0.4, 0.5) is 0 Å². The molecule has 1 saturated carbocycles. The predicted octanol–water partition coefficient (Wildman–Crippen LogP) is 1.93. The van der Waals surface area contributed by atoms with Crippen molar-refractivity contribution in [2.24, 2.45) is 5.92 Å². The third-order valence-electron chi connectivity index (χ3n) is 6.84. The van der Waals surface area contributed by atoms with Gasteiger partial charge in [-0.1, -0.05) is 25.7 Å². The van der Waals surface area contributed by atoms with Crippen molar-refractivity contribution in [1.29, 1.82) is 0 Å². The van der Waals surface area contributed by atoms with Gasteiger partial charge >= 0.3 is 0 Å². The number of imidazole rings is 1. The molecule has 3 aliphatic rings. The van der Waals surface area contributed by atoms with Crippen molar-refractivity contribution in [3.05, 3.63) is 17.7 Å². The number of hydrogen-bond acceptors (Lipinski definition) is 4. The van der Waals surface area contributed by atoms with Crippen LogP contribution in [0.1, 0.15) is 56.5 Å². The Hall–Kier alpha value is -1.40. The first-order valence-electron chi connectivity index (χ1n) is 10.4. The Morgan fingerprint density at radius 2 is 2.12 bits per heavy atom. The van der Waals surface area contributed by atoms with E-state index in [0.29, 0.717) is 6.42 Å². The van der Waals surface area contributed by atoms with Crippen LogP contribution in [-0.4, -0.2) is 64.4 Å². The van der Waals surface area contributed by atoms with Crippen molar-refractivity contribution in [3.8, 4) is 0 Å². The highest BCUT2D eigenvalue weighted by atomic mass is 16.1. The van der Waals surface area contributed by atoms with Crippen molar-refractivity contribution in [2.75, 3.05) is 33.2 Å². The minimum absolute atomic E-state index is 0.129. The van der Waals surface area contributed by atoms with Gasteiger partial charge in [0.1, 0.15) is 5.82 Å². The molecule has 1 amide bonds. The van der Waals surface area contributed by atoms with Crippen LogP contribution in [0.5, 0.6) is 0 Å². The van der Waals surface area contributed by atoms with Gasteiger partial charge in [-0.05, 0) is 25.8 Å². The lowest BCUT2D eigenvalue weighted by atomic mass is 9.86. The molecular formula is C20H33N5O. The summed E-state index contributed by atoms with van der Waals surface area (Å²) in [4.78, 5) is 25.0. The molecule has 2 N–H and O–H groups in total.